The highest BCUT2D eigenvalue weighted by molar-refractivity contribution is 14.1. The Kier molecular flexibility index (Phi) is 6.87. The quantitative estimate of drug-likeness (QED) is 0.468. The molecule has 3 nitrogen and oxygen atoms in total. The summed E-state index contributed by atoms with van der Waals surface area (Å²) in [5.74, 6) is -0.203. The summed E-state index contributed by atoms with van der Waals surface area (Å²) in [7, 11) is 0. The lowest BCUT2D eigenvalue weighted by molar-refractivity contribution is 0.0974. The number of carbonyl (C=O) groups is 1. The van der Waals surface area contributed by atoms with E-state index in [9.17, 15) is 4.79 Å². The number of hydrogen-bond donors (Lipinski definition) is 1. The summed E-state index contributed by atoms with van der Waals surface area (Å²) in [4.78, 5) is 14.0. The second kappa shape index (κ2) is 8.16. The van der Waals surface area contributed by atoms with Crippen LogP contribution in [0.1, 0.15) is 15.9 Å². The van der Waals surface area contributed by atoms with Gasteiger partial charge in [0.2, 0.25) is 0 Å². The van der Waals surface area contributed by atoms with E-state index in [1.165, 1.54) is 0 Å². The molecule has 0 saturated heterocycles. The van der Waals surface area contributed by atoms with Crippen molar-refractivity contribution in [3.05, 3.63) is 58.2 Å². The minimum absolute atomic E-state index is 0.203. The molecule has 0 unspecified atom stereocenters. The summed E-state index contributed by atoms with van der Waals surface area (Å²) < 4.78 is 1.05. The van der Waals surface area contributed by atoms with Gasteiger partial charge in [-0.2, -0.15) is 0 Å². The smallest absolute Gasteiger partial charge is 0.257 e. The van der Waals surface area contributed by atoms with Gasteiger partial charge in [-0.15, -0.1) is 13.2 Å². The molecule has 0 bridgehead atoms. The molecule has 0 saturated carbocycles. The monoisotopic (exact) mass is 400 g/mol. The Morgan fingerprint density at radius 3 is 2.50 bits per heavy atom. The van der Waals surface area contributed by atoms with Crippen LogP contribution in [0.15, 0.2) is 43.5 Å². The number of carbonyl (C=O) groups excluding carboxylic acids is 1. The number of rotatable bonds is 5. The molecule has 0 aliphatic heterocycles. The van der Waals surface area contributed by atoms with Crippen molar-refractivity contribution in [1.82, 2.24) is 10.2 Å². The summed E-state index contributed by atoms with van der Waals surface area (Å²) in [5.41, 5.74) is 1.74. The summed E-state index contributed by atoms with van der Waals surface area (Å²) in [5, 5.41) is 3.11. The van der Waals surface area contributed by atoms with Crippen LogP contribution in [0.2, 0.25) is 0 Å². The first kappa shape index (κ1) is 16.8. The van der Waals surface area contributed by atoms with Gasteiger partial charge in [0.1, 0.15) is 0 Å². The standard InChI is InChI=1S/C15H17IN2OS/c1-4-8-18(9-5-2)15(20)17-14(19)12-7-6-11(3)13(16)10-12/h4-7,10H,1-2,8-9H2,3H3,(H,17,19,20). The number of amides is 1. The number of aryl methyl sites for hydroxylation is 1. The van der Waals surface area contributed by atoms with Gasteiger partial charge < -0.3 is 4.90 Å². The Morgan fingerprint density at radius 1 is 1.40 bits per heavy atom. The van der Waals surface area contributed by atoms with E-state index in [0.717, 1.165) is 9.13 Å². The largest absolute Gasteiger partial charge is 0.342 e. The fourth-order valence-corrected chi connectivity index (χ4v) is 2.29. The van der Waals surface area contributed by atoms with Crippen molar-refractivity contribution >= 4 is 45.8 Å². The van der Waals surface area contributed by atoms with Gasteiger partial charge in [0.25, 0.3) is 5.91 Å². The average Bonchev–Trinajstić information content (AvgIpc) is 2.41. The predicted octanol–water partition coefficient (Wildman–Crippen LogP) is 3.29. The van der Waals surface area contributed by atoms with E-state index in [4.69, 9.17) is 12.2 Å². The Morgan fingerprint density at radius 2 is 2.00 bits per heavy atom. The van der Waals surface area contributed by atoms with E-state index in [0.29, 0.717) is 23.8 Å². The number of nitrogens with one attached hydrogen (secondary N) is 1. The van der Waals surface area contributed by atoms with E-state index in [-0.39, 0.29) is 5.91 Å². The second-order valence-electron chi connectivity index (χ2n) is 4.21. The lowest BCUT2D eigenvalue weighted by Crippen LogP contribution is -2.42. The maximum atomic E-state index is 12.2. The Balaban J connectivity index is 2.77. The van der Waals surface area contributed by atoms with Crippen LogP contribution in [0.3, 0.4) is 0 Å². The number of nitrogens with zero attached hydrogens (tertiary/aromatic N) is 1. The van der Waals surface area contributed by atoms with Crippen LogP contribution in [0.4, 0.5) is 0 Å². The highest BCUT2D eigenvalue weighted by Crippen LogP contribution is 2.13. The molecule has 1 aromatic rings. The molecule has 0 aliphatic rings. The summed E-state index contributed by atoms with van der Waals surface area (Å²) in [6.07, 6.45) is 3.47. The molecule has 106 valence electrons. The topological polar surface area (TPSA) is 32.3 Å². The average molecular weight is 400 g/mol. The van der Waals surface area contributed by atoms with Crippen LogP contribution in [-0.2, 0) is 0 Å². The van der Waals surface area contributed by atoms with Crippen LogP contribution >= 0.6 is 34.8 Å². The number of thiocarbonyl (C=S) groups is 1. The number of halogens is 1. The Labute approximate surface area is 138 Å². The van der Waals surface area contributed by atoms with E-state index in [1.54, 1.807) is 18.2 Å². The molecule has 1 rings (SSSR count). The highest BCUT2D eigenvalue weighted by atomic mass is 127. The number of benzene rings is 1. The van der Waals surface area contributed by atoms with E-state index >= 15 is 0 Å². The van der Waals surface area contributed by atoms with Crippen molar-refractivity contribution in [2.45, 2.75) is 6.92 Å². The molecule has 20 heavy (non-hydrogen) atoms. The molecule has 1 amide bonds. The Hall–Kier alpha value is -1.21. The third-order valence-corrected chi connectivity index (χ3v) is 4.16. The third kappa shape index (κ3) is 4.72. The molecule has 0 aliphatic carbocycles. The van der Waals surface area contributed by atoms with E-state index < -0.39 is 0 Å². The van der Waals surface area contributed by atoms with E-state index in [2.05, 4.69) is 41.1 Å². The Bertz CT molecular complexity index is 533. The van der Waals surface area contributed by atoms with Crippen LogP contribution in [0.25, 0.3) is 0 Å². The fourth-order valence-electron chi connectivity index (χ4n) is 1.53. The van der Waals surface area contributed by atoms with Gasteiger partial charge in [-0.05, 0) is 59.4 Å². The van der Waals surface area contributed by atoms with Crippen LogP contribution < -0.4 is 5.32 Å². The molecular weight excluding hydrogens is 383 g/mol. The summed E-state index contributed by atoms with van der Waals surface area (Å²) in [6.45, 7) is 10.5. The second-order valence-corrected chi connectivity index (χ2v) is 5.75. The van der Waals surface area contributed by atoms with Crippen LogP contribution in [-0.4, -0.2) is 29.0 Å². The van der Waals surface area contributed by atoms with Crippen molar-refractivity contribution in [3.8, 4) is 0 Å². The van der Waals surface area contributed by atoms with Crippen molar-refractivity contribution in [3.63, 3.8) is 0 Å². The van der Waals surface area contributed by atoms with Crippen LogP contribution in [0.5, 0.6) is 0 Å². The zero-order chi connectivity index (χ0) is 15.1. The fraction of sp³-hybridized carbons (Fsp3) is 0.200. The molecule has 1 N–H and O–H groups in total. The zero-order valence-corrected chi connectivity index (χ0v) is 14.3. The van der Waals surface area contributed by atoms with Crippen molar-refractivity contribution < 1.29 is 4.79 Å². The molecule has 0 heterocycles. The summed E-state index contributed by atoms with van der Waals surface area (Å²) >= 11 is 7.45. The van der Waals surface area contributed by atoms with Crippen molar-refractivity contribution in [1.29, 1.82) is 0 Å². The first-order chi connectivity index (χ1) is 9.49. The first-order valence-corrected chi connectivity index (χ1v) is 7.56. The molecule has 1 aromatic carbocycles. The first-order valence-electron chi connectivity index (χ1n) is 6.07. The molecule has 0 radical (unpaired) electrons. The highest BCUT2D eigenvalue weighted by Gasteiger charge is 2.12. The minimum atomic E-state index is -0.203. The van der Waals surface area contributed by atoms with Gasteiger partial charge in [-0.25, -0.2) is 0 Å². The predicted molar refractivity (Wildman–Crippen MR) is 95.9 cm³/mol. The van der Waals surface area contributed by atoms with Crippen LogP contribution in [0, 0.1) is 10.5 Å². The normalized spacial score (nSPS) is 9.70. The molecule has 0 aromatic heterocycles. The van der Waals surface area contributed by atoms with Crippen molar-refractivity contribution in [2.24, 2.45) is 0 Å². The molecule has 0 atom stereocenters. The maximum absolute atomic E-state index is 12.2. The lowest BCUT2D eigenvalue weighted by Gasteiger charge is -2.22. The SMILES string of the molecule is C=CCN(CC=C)C(=S)NC(=O)c1ccc(C)c(I)c1. The molecule has 0 fully saturated rings. The van der Waals surface area contributed by atoms with Gasteiger partial charge in [0, 0.05) is 22.2 Å². The third-order valence-electron chi connectivity index (χ3n) is 2.64. The minimum Gasteiger partial charge on any atom is -0.342 e. The molecule has 5 heteroatoms. The van der Waals surface area contributed by atoms with E-state index in [1.807, 2.05) is 24.0 Å². The lowest BCUT2D eigenvalue weighted by atomic mass is 10.1. The molecule has 0 spiro atoms. The van der Waals surface area contributed by atoms with Gasteiger partial charge in [0.15, 0.2) is 5.11 Å². The van der Waals surface area contributed by atoms with Gasteiger partial charge in [-0.3, -0.25) is 10.1 Å². The maximum Gasteiger partial charge on any atom is 0.257 e. The zero-order valence-electron chi connectivity index (χ0n) is 11.4. The van der Waals surface area contributed by atoms with Gasteiger partial charge in [0.05, 0.1) is 0 Å². The number of hydrogen-bond acceptors (Lipinski definition) is 2. The van der Waals surface area contributed by atoms with Crippen molar-refractivity contribution in [2.75, 3.05) is 13.1 Å². The summed E-state index contributed by atoms with van der Waals surface area (Å²) in [6, 6.07) is 5.56. The molecular formula is C15H17IN2OS. The van der Waals surface area contributed by atoms with Gasteiger partial charge >= 0.3 is 0 Å². The van der Waals surface area contributed by atoms with Gasteiger partial charge in [-0.1, -0.05) is 18.2 Å².